The molecule has 1 aromatic rings. The number of anilines is 1. The second-order valence-electron chi connectivity index (χ2n) is 6.71. The normalized spacial score (nSPS) is 11.2. The first kappa shape index (κ1) is 21.8. The van der Waals surface area contributed by atoms with Crippen LogP contribution in [0.5, 0.6) is 5.75 Å². The molecule has 0 heterocycles. The molecule has 2 amide bonds. The summed E-state index contributed by atoms with van der Waals surface area (Å²) in [4.78, 5) is 23.8. The highest BCUT2D eigenvalue weighted by Crippen LogP contribution is 2.25. The van der Waals surface area contributed by atoms with E-state index in [0.29, 0.717) is 18.0 Å². The average Bonchev–Trinajstić information content (AvgIpc) is 2.56. The number of hydrogen-bond acceptors (Lipinski definition) is 6. The van der Waals surface area contributed by atoms with Crippen molar-refractivity contribution in [3.63, 3.8) is 0 Å². The minimum absolute atomic E-state index is 0.101. The van der Waals surface area contributed by atoms with Gasteiger partial charge in [0.15, 0.2) is 0 Å². The van der Waals surface area contributed by atoms with E-state index in [1.54, 1.807) is 32.9 Å². The molecule has 0 bridgehead atoms. The molecule has 0 aliphatic carbocycles. The highest BCUT2D eigenvalue weighted by Gasteiger charge is 2.15. The molecule has 0 spiro atoms. The first-order valence-electron chi connectivity index (χ1n) is 8.42. The quantitative estimate of drug-likeness (QED) is 0.384. The van der Waals surface area contributed by atoms with E-state index in [1.165, 1.54) is 13.3 Å². The Morgan fingerprint density at radius 3 is 2.56 bits per heavy atom. The largest absolute Gasteiger partial charge is 0.495 e. The van der Waals surface area contributed by atoms with Gasteiger partial charge >= 0.3 is 6.09 Å². The number of alkyl carbamates (subject to hydrolysis) is 1. The summed E-state index contributed by atoms with van der Waals surface area (Å²) in [5.74, 6) is -0.0604. The summed E-state index contributed by atoms with van der Waals surface area (Å²) < 4.78 is 10.3. The Balaban J connectivity index is 2.55. The summed E-state index contributed by atoms with van der Waals surface area (Å²) in [7, 11) is 1.50. The number of benzene rings is 1. The molecule has 0 saturated heterocycles. The number of ether oxygens (including phenoxy) is 2. The second-order valence-corrected chi connectivity index (χ2v) is 6.71. The van der Waals surface area contributed by atoms with E-state index >= 15 is 0 Å². The van der Waals surface area contributed by atoms with Gasteiger partial charge in [-0.1, -0.05) is 6.07 Å². The third kappa shape index (κ3) is 8.14. The van der Waals surface area contributed by atoms with Crippen molar-refractivity contribution >= 4 is 17.7 Å². The number of aryl methyl sites for hydroxylation is 1. The number of hydrogen-bond donors (Lipinski definition) is 3. The third-order valence-electron chi connectivity index (χ3n) is 3.15. The number of carbonyl (C=O) groups is 2. The van der Waals surface area contributed by atoms with Crippen LogP contribution in [-0.2, 0) is 9.53 Å². The number of nitrogens with zero attached hydrogens (tertiary/aromatic N) is 1. The molecule has 1 aromatic carbocycles. The van der Waals surface area contributed by atoms with Gasteiger partial charge in [0.25, 0.3) is 5.91 Å². The summed E-state index contributed by atoms with van der Waals surface area (Å²) in [5, 5.41) is 17.2. The van der Waals surface area contributed by atoms with Crippen molar-refractivity contribution in [2.75, 3.05) is 25.5 Å². The van der Waals surface area contributed by atoms with Crippen molar-refractivity contribution in [3.8, 4) is 11.8 Å². The lowest BCUT2D eigenvalue weighted by atomic mass is 10.2. The molecule has 0 unspecified atom stereocenters. The van der Waals surface area contributed by atoms with Gasteiger partial charge in [-0.2, -0.15) is 5.26 Å². The summed E-state index contributed by atoms with van der Waals surface area (Å²) in [6, 6.07) is 7.19. The van der Waals surface area contributed by atoms with Crippen molar-refractivity contribution in [3.05, 3.63) is 35.5 Å². The van der Waals surface area contributed by atoms with Gasteiger partial charge in [-0.3, -0.25) is 4.79 Å². The molecule has 0 aromatic heterocycles. The highest BCUT2D eigenvalue weighted by atomic mass is 16.6. The lowest BCUT2D eigenvalue weighted by molar-refractivity contribution is -0.112. The van der Waals surface area contributed by atoms with E-state index in [2.05, 4.69) is 16.0 Å². The summed E-state index contributed by atoms with van der Waals surface area (Å²) in [5.41, 5.74) is 0.756. The molecular formula is C19H26N4O4. The summed E-state index contributed by atoms with van der Waals surface area (Å²) >= 11 is 0. The smallest absolute Gasteiger partial charge is 0.407 e. The van der Waals surface area contributed by atoms with Crippen LogP contribution in [0.15, 0.2) is 30.0 Å². The zero-order chi connectivity index (χ0) is 20.4. The second kappa shape index (κ2) is 10.1. The van der Waals surface area contributed by atoms with E-state index in [4.69, 9.17) is 9.47 Å². The summed E-state index contributed by atoms with van der Waals surface area (Å²) in [6.07, 6.45) is 0.770. The van der Waals surface area contributed by atoms with Crippen LogP contribution in [0.2, 0.25) is 0 Å². The minimum Gasteiger partial charge on any atom is -0.495 e. The van der Waals surface area contributed by atoms with Gasteiger partial charge in [0.2, 0.25) is 0 Å². The zero-order valence-electron chi connectivity index (χ0n) is 16.3. The fourth-order valence-corrected chi connectivity index (χ4v) is 1.98. The lowest BCUT2D eigenvalue weighted by Crippen LogP contribution is -2.35. The van der Waals surface area contributed by atoms with Gasteiger partial charge in [-0.15, -0.1) is 0 Å². The van der Waals surface area contributed by atoms with Gasteiger partial charge in [0, 0.05) is 19.3 Å². The van der Waals surface area contributed by atoms with E-state index in [-0.39, 0.29) is 12.1 Å². The number of amides is 2. The average molecular weight is 374 g/mol. The van der Waals surface area contributed by atoms with Crippen LogP contribution in [0, 0.1) is 18.3 Å². The van der Waals surface area contributed by atoms with Gasteiger partial charge in [0.1, 0.15) is 23.0 Å². The molecule has 8 nitrogen and oxygen atoms in total. The topological polar surface area (TPSA) is 112 Å². The molecule has 3 N–H and O–H groups in total. The molecule has 27 heavy (non-hydrogen) atoms. The maximum Gasteiger partial charge on any atom is 0.407 e. The van der Waals surface area contributed by atoms with Gasteiger partial charge in [-0.25, -0.2) is 4.79 Å². The molecule has 0 atom stereocenters. The molecular weight excluding hydrogens is 348 g/mol. The van der Waals surface area contributed by atoms with Crippen LogP contribution in [0.3, 0.4) is 0 Å². The number of nitrogens with one attached hydrogen (secondary N) is 3. The lowest BCUT2D eigenvalue weighted by Gasteiger charge is -2.19. The molecule has 0 aliphatic rings. The van der Waals surface area contributed by atoms with Crippen molar-refractivity contribution in [2.24, 2.45) is 0 Å². The van der Waals surface area contributed by atoms with Gasteiger partial charge in [-0.05, 0) is 45.4 Å². The predicted molar refractivity (Wildman–Crippen MR) is 102 cm³/mol. The maximum atomic E-state index is 12.3. The van der Waals surface area contributed by atoms with Crippen LogP contribution in [0.4, 0.5) is 10.5 Å². The number of carbonyl (C=O) groups excluding carboxylic acids is 2. The Bertz CT molecular complexity index is 745. The SMILES string of the molecule is COc1ccc(C)cc1NC(=O)/C(C#N)=C\NCCNC(=O)OC(C)(C)C. The van der Waals surface area contributed by atoms with Crippen LogP contribution >= 0.6 is 0 Å². The summed E-state index contributed by atoms with van der Waals surface area (Å²) in [6.45, 7) is 7.80. The maximum absolute atomic E-state index is 12.3. The van der Waals surface area contributed by atoms with Crippen molar-refractivity contribution in [1.82, 2.24) is 10.6 Å². The predicted octanol–water partition coefficient (Wildman–Crippen LogP) is 2.46. The van der Waals surface area contributed by atoms with Gasteiger partial charge < -0.3 is 25.4 Å². The van der Waals surface area contributed by atoms with Crippen molar-refractivity contribution in [1.29, 1.82) is 5.26 Å². The fraction of sp³-hybridized carbons (Fsp3) is 0.421. The third-order valence-corrected chi connectivity index (χ3v) is 3.15. The Labute approximate surface area is 159 Å². The zero-order valence-corrected chi connectivity index (χ0v) is 16.3. The standard InChI is InChI=1S/C19H26N4O4/c1-13-6-7-16(26-5)15(10-13)23-17(24)14(11-20)12-21-8-9-22-18(25)27-19(2,3)4/h6-7,10,12,21H,8-9H2,1-5H3,(H,22,25)(H,23,24)/b14-12-. The Morgan fingerprint density at radius 2 is 1.96 bits per heavy atom. The monoisotopic (exact) mass is 374 g/mol. The molecule has 8 heteroatoms. The Morgan fingerprint density at radius 1 is 1.26 bits per heavy atom. The van der Waals surface area contributed by atoms with E-state index in [1.807, 2.05) is 19.1 Å². The molecule has 1 rings (SSSR count). The van der Waals surface area contributed by atoms with Gasteiger partial charge in [0.05, 0.1) is 12.8 Å². The number of rotatable bonds is 7. The first-order chi connectivity index (χ1) is 12.7. The van der Waals surface area contributed by atoms with E-state index in [9.17, 15) is 14.9 Å². The van der Waals surface area contributed by atoms with Crippen molar-refractivity contribution < 1.29 is 19.1 Å². The molecule has 0 saturated carbocycles. The van der Waals surface area contributed by atoms with Crippen LogP contribution < -0.4 is 20.7 Å². The molecule has 0 fully saturated rings. The van der Waals surface area contributed by atoms with Crippen LogP contribution in [-0.4, -0.2) is 37.8 Å². The minimum atomic E-state index is -0.569. The Hall–Kier alpha value is -3.21. The first-order valence-corrected chi connectivity index (χ1v) is 8.42. The highest BCUT2D eigenvalue weighted by molar-refractivity contribution is 6.07. The van der Waals surface area contributed by atoms with E-state index < -0.39 is 17.6 Å². The number of methoxy groups -OCH3 is 1. The molecule has 146 valence electrons. The molecule has 0 aliphatic heterocycles. The fourth-order valence-electron chi connectivity index (χ4n) is 1.98. The molecule has 0 radical (unpaired) electrons. The van der Waals surface area contributed by atoms with E-state index in [0.717, 1.165) is 5.56 Å². The number of nitriles is 1. The van der Waals surface area contributed by atoms with Crippen LogP contribution in [0.1, 0.15) is 26.3 Å². The van der Waals surface area contributed by atoms with Crippen LogP contribution in [0.25, 0.3) is 0 Å². The van der Waals surface area contributed by atoms with Crippen molar-refractivity contribution in [2.45, 2.75) is 33.3 Å². The Kier molecular flexibility index (Phi) is 8.14.